The summed E-state index contributed by atoms with van der Waals surface area (Å²) in [6.45, 7) is 5.43. The monoisotopic (exact) mass is 409 g/mol. The quantitative estimate of drug-likeness (QED) is 0.457. The molecule has 0 amide bonds. The molecule has 1 aliphatic heterocycles. The zero-order chi connectivity index (χ0) is 13.7. The molecule has 1 aromatic rings. The molecule has 2 N–H and O–H groups in total. The minimum atomic E-state index is 0. The van der Waals surface area contributed by atoms with Crippen molar-refractivity contribution in [3.63, 3.8) is 0 Å². The Morgan fingerprint density at radius 2 is 1.95 bits per heavy atom. The second-order valence-electron chi connectivity index (χ2n) is 5.21. The van der Waals surface area contributed by atoms with Crippen LogP contribution in [-0.2, 0) is 11.3 Å². The lowest BCUT2D eigenvalue weighted by atomic mass is 9.89. The molecule has 1 fully saturated rings. The van der Waals surface area contributed by atoms with Crippen molar-refractivity contribution in [3.8, 4) is 0 Å². The first-order valence-corrected chi connectivity index (χ1v) is 6.76. The van der Waals surface area contributed by atoms with E-state index in [1.807, 2.05) is 24.3 Å². The van der Waals surface area contributed by atoms with Gasteiger partial charge in [-0.1, -0.05) is 30.7 Å². The molecule has 0 unspecified atom stereocenters. The summed E-state index contributed by atoms with van der Waals surface area (Å²) in [5.41, 5.74) is 1.41. The maximum Gasteiger partial charge on any atom is 0.191 e. The zero-order valence-electron chi connectivity index (χ0n) is 11.8. The van der Waals surface area contributed by atoms with Gasteiger partial charge in [0, 0.05) is 30.6 Å². The molecule has 0 saturated carbocycles. The van der Waals surface area contributed by atoms with Crippen molar-refractivity contribution < 1.29 is 4.74 Å². The highest BCUT2D eigenvalue weighted by Crippen LogP contribution is 2.24. The molecule has 0 bridgehead atoms. The molecule has 1 saturated heterocycles. The van der Waals surface area contributed by atoms with E-state index in [9.17, 15) is 0 Å². The molecular weight excluding hydrogens is 389 g/mol. The van der Waals surface area contributed by atoms with Gasteiger partial charge in [-0.2, -0.15) is 0 Å². The van der Waals surface area contributed by atoms with Crippen LogP contribution < -0.4 is 10.6 Å². The molecule has 0 radical (unpaired) electrons. The molecule has 1 heterocycles. The fourth-order valence-electron chi connectivity index (χ4n) is 1.86. The predicted octanol–water partition coefficient (Wildman–Crippen LogP) is 2.66. The number of hydrogen-bond acceptors (Lipinski definition) is 2. The summed E-state index contributed by atoms with van der Waals surface area (Å²) in [7, 11) is 1.77. The maximum atomic E-state index is 5.86. The fraction of sp³-hybridized carbons (Fsp3) is 0.500. The van der Waals surface area contributed by atoms with Gasteiger partial charge >= 0.3 is 0 Å². The number of ether oxygens (including phenoxy) is 1. The standard InChI is InChI=1S/C14H20ClN3O.HI/c1-14(9-19-10-14)8-18-13(16-2)17-7-11-3-5-12(15)6-4-11;/h3-6H,7-10H2,1-2H3,(H2,16,17,18);1H. The van der Waals surface area contributed by atoms with E-state index >= 15 is 0 Å². The third-order valence-electron chi connectivity index (χ3n) is 3.18. The largest absolute Gasteiger partial charge is 0.380 e. The van der Waals surface area contributed by atoms with Gasteiger partial charge in [0.1, 0.15) is 0 Å². The molecule has 2 rings (SSSR count). The summed E-state index contributed by atoms with van der Waals surface area (Å²) in [5, 5.41) is 7.36. The van der Waals surface area contributed by atoms with E-state index in [2.05, 4.69) is 22.5 Å². The average Bonchev–Trinajstić information content (AvgIpc) is 2.39. The van der Waals surface area contributed by atoms with E-state index in [4.69, 9.17) is 16.3 Å². The van der Waals surface area contributed by atoms with Crippen LogP contribution in [-0.4, -0.2) is 32.8 Å². The van der Waals surface area contributed by atoms with Crippen LogP contribution >= 0.6 is 35.6 Å². The second kappa shape index (κ2) is 8.05. The van der Waals surface area contributed by atoms with E-state index in [0.29, 0.717) is 0 Å². The SMILES string of the molecule is CN=C(NCc1ccc(Cl)cc1)NCC1(C)COC1.I. The van der Waals surface area contributed by atoms with E-state index in [-0.39, 0.29) is 29.4 Å². The highest BCUT2D eigenvalue weighted by Gasteiger charge is 2.33. The lowest BCUT2D eigenvalue weighted by Crippen LogP contribution is -2.50. The fourth-order valence-corrected chi connectivity index (χ4v) is 1.98. The third-order valence-corrected chi connectivity index (χ3v) is 3.43. The van der Waals surface area contributed by atoms with Gasteiger partial charge in [0.05, 0.1) is 13.2 Å². The Labute approximate surface area is 142 Å². The van der Waals surface area contributed by atoms with E-state index < -0.39 is 0 Å². The highest BCUT2D eigenvalue weighted by atomic mass is 127. The number of rotatable bonds is 4. The molecule has 1 aliphatic rings. The summed E-state index contributed by atoms with van der Waals surface area (Å²) in [6.07, 6.45) is 0. The Kier molecular flexibility index (Phi) is 7.05. The van der Waals surface area contributed by atoms with Crippen LogP contribution in [0, 0.1) is 5.41 Å². The van der Waals surface area contributed by atoms with Crippen LogP contribution in [0.2, 0.25) is 5.02 Å². The number of halogens is 2. The number of aliphatic imine (C=N–C) groups is 1. The number of nitrogens with zero attached hydrogens (tertiary/aromatic N) is 1. The van der Waals surface area contributed by atoms with Crippen LogP contribution in [0.25, 0.3) is 0 Å². The number of benzene rings is 1. The molecule has 112 valence electrons. The molecule has 0 spiro atoms. The van der Waals surface area contributed by atoms with Crippen molar-refractivity contribution >= 4 is 41.5 Å². The minimum Gasteiger partial charge on any atom is -0.380 e. The molecule has 20 heavy (non-hydrogen) atoms. The van der Waals surface area contributed by atoms with E-state index in [1.54, 1.807) is 7.05 Å². The van der Waals surface area contributed by atoms with Gasteiger partial charge in [-0.25, -0.2) is 0 Å². The summed E-state index contributed by atoms with van der Waals surface area (Å²) < 4.78 is 5.23. The van der Waals surface area contributed by atoms with Crippen molar-refractivity contribution in [2.45, 2.75) is 13.5 Å². The van der Waals surface area contributed by atoms with E-state index in [1.165, 1.54) is 5.56 Å². The Morgan fingerprint density at radius 1 is 1.30 bits per heavy atom. The molecule has 1 aromatic carbocycles. The van der Waals surface area contributed by atoms with Gasteiger partial charge in [-0.3, -0.25) is 4.99 Å². The van der Waals surface area contributed by atoms with Gasteiger partial charge in [0.2, 0.25) is 0 Å². The van der Waals surface area contributed by atoms with Crippen molar-refractivity contribution in [2.75, 3.05) is 26.8 Å². The zero-order valence-corrected chi connectivity index (χ0v) is 14.9. The minimum absolute atomic E-state index is 0. The van der Waals surface area contributed by atoms with Gasteiger partial charge < -0.3 is 15.4 Å². The average molecular weight is 410 g/mol. The topological polar surface area (TPSA) is 45.7 Å². The lowest BCUT2D eigenvalue weighted by Gasteiger charge is -2.38. The van der Waals surface area contributed by atoms with Crippen LogP contribution in [0.4, 0.5) is 0 Å². The normalized spacial score (nSPS) is 16.9. The number of guanidine groups is 1. The first-order chi connectivity index (χ1) is 9.11. The number of hydrogen-bond donors (Lipinski definition) is 2. The van der Waals surface area contributed by atoms with E-state index in [0.717, 1.165) is 37.3 Å². The van der Waals surface area contributed by atoms with Gasteiger partial charge in [-0.15, -0.1) is 24.0 Å². The Bertz CT molecular complexity index is 446. The van der Waals surface area contributed by atoms with Crippen LogP contribution in [0.5, 0.6) is 0 Å². The van der Waals surface area contributed by atoms with Gasteiger partial charge in [0.15, 0.2) is 5.96 Å². The summed E-state index contributed by atoms with van der Waals surface area (Å²) in [6, 6.07) is 7.79. The van der Waals surface area contributed by atoms with Crippen molar-refractivity contribution in [1.82, 2.24) is 10.6 Å². The summed E-state index contributed by atoms with van der Waals surface area (Å²) in [5.74, 6) is 0.808. The van der Waals surface area contributed by atoms with Gasteiger partial charge in [0.25, 0.3) is 0 Å². The molecular formula is C14H21ClIN3O. The molecule has 0 atom stereocenters. The Hall–Kier alpha value is -0.530. The first kappa shape index (κ1) is 17.5. The van der Waals surface area contributed by atoms with Crippen molar-refractivity contribution in [1.29, 1.82) is 0 Å². The van der Waals surface area contributed by atoms with Crippen molar-refractivity contribution in [3.05, 3.63) is 34.9 Å². The highest BCUT2D eigenvalue weighted by molar-refractivity contribution is 14.0. The summed E-state index contributed by atoms with van der Waals surface area (Å²) >= 11 is 5.86. The molecule has 6 heteroatoms. The Morgan fingerprint density at radius 3 is 2.45 bits per heavy atom. The van der Waals surface area contributed by atoms with Crippen LogP contribution in [0.3, 0.4) is 0 Å². The Balaban J connectivity index is 0.00000200. The third kappa shape index (κ3) is 5.10. The summed E-state index contributed by atoms with van der Waals surface area (Å²) in [4.78, 5) is 4.21. The lowest BCUT2D eigenvalue weighted by molar-refractivity contribution is -0.0971. The van der Waals surface area contributed by atoms with Crippen molar-refractivity contribution in [2.24, 2.45) is 10.4 Å². The maximum absolute atomic E-state index is 5.86. The molecule has 4 nitrogen and oxygen atoms in total. The first-order valence-electron chi connectivity index (χ1n) is 6.38. The van der Waals surface area contributed by atoms with Gasteiger partial charge in [-0.05, 0) is 17.7 Å². The molecule has 0 aliphatic carbocycles. The number of nitrogens with one attached hydrogen (secondary N) is 2. The van der Waals surface area contributed by atoms with Crippen LogP contribution in [0.1, 0.15) is 12.5 Å². The van der Waals surface area contributed by atoms with Crippen LogP contribution in [0.15, 0.2) is 29.3 Å². The second-order valence-corrected chi connectivity index (χ2v) is 5.65. The molecule has 0 aromatic heterocycles. The predicted molar refractivity (Wildman–Crippen MR) is 94.0 cm³/mol. The smallest absolute Gasteiger partial charge is 0.191 e.